The Morgan fingerprint density at radius 3 is 2.19 bits per heavy atom. The van der Waals surface area contributed by atoms with Gasteiger partial charge in [-0.25, -0.2) is 0 Å². The van der Waals surface area contributed by atoms with Gasteiger partial charge >= 0.3 is 0 Å². The number of nitrogens with one attached hydrogen (secondary N) is 1. The average molecular weight is 440 g/mol. The van der Waals surface area contributed by atoms with Crippen molar-refractivity contribution < 1.29 is 46.9 Å². The van der Waals surface area contributed by atoms with E-state index in [0.717, 1.165) is 11.1 Å². The van der Waals surface area contributed by atoms with Crippen molar-refractivity contribution in [3.63, 3.8) is 0 Å². The molecule has 0 spiro atoms. The van der Waals surface area contributed by atoms with Crippen LogP contribution in [0.15, 0.2) is 72.8 Å². The van der Waals surface area contributed by atoms with Crippen LogP contribution in [-0.2, 0) is 37.3 Å². The van der Waals surface area contributed by atoms with E-state index in [1.165, 1.54) is 6.07 Å². The fourth-order valence-electron chi connectivity index (χ4n) is 3.03. The van der Waals surface area contributed by atoms with Gasteiger partial charge in [0.25, 0.3) is 7.37 Å². The molecule has 1 radical (unpaired) electrons. The maximum Gasteiger partial charge on any atom is 0.265 e. The van der Waals surface area contributed by atoms with Crippen LogP contribution < -0.4 is 9.83 Å². The number of fused-ring (bicyclic) bond motifs is 3. The SMILES string of the molecule is [CH3-].[NH-]C(c1ccccc1O)P1(=O)Oc2ccccc2-c2ccccc21.[Y]. The van der Waals surface area contributed by atoms with Crippen molar-refractivity contribution in [3.8, 4) is 22.6 Å². The largest absolute Gasteiger partial charge is 0.661 e. The van der Waals surface area contributed by atoms with Gasteiger partial charge in [0.05, 0.1) is 5.30 Å². The molecule has 1 aliphatic heterocycles. The molecule has 0 saturated heterocycles. The van der Waals surface area contributed by atoms with Crippen molar-refractivity contribution in [2.75, 3.05) is 0 Å². The number of rotatable bonds is 2. The van der Waals surface area contributed by atoms with E-state index in [1.54, 1.807) is 36.4 Å². The summed E-state index contributed by atoms with van der Waals surface area (Å²) < 4.78 is 19.6. The second-order valence-electron chi connectivity index (χ2n) is 5.66. The molecule has 2 atom stereocenters. The van der Waals surface area contributed by atoms with Crippen molar-refractivity contribution in [3.05, 3.63) is 91.5 Å². The molecule has 3 aromatic carbocycles. The van der Waals surface area contributed by atoms with E-state index in [-0.39, 0.29) is 45.9 Å². The Labute approximate surface area is 178 Å². The molecule has 1 heterocycles. The Balaban J connectivity index is 0.00000121. The normalized spacial score (nSPS) is 18.2. The standard InChI is InChI=1S/C19H15NO3P.CH3.Y/c20-19(15-9-1-4-10-16(15)21)24(22)18-12-6-3-8-14(18)13-7-2-5-11-17(13)23-24;;/h1-12,19-21H;1H3;/q2*-1;. The molecule has 26 heavy (non-hydrogen) atoms. The molecule has 1 aliphatic rings. The van der Waals surface area contributed by atoms with Gasteiger partial charge in [0.15, 0.2) is 0 Å². The molecule has 0 amide bonds. The molecule has 0 aromatic heterocycles. The number of aromatic hydroxyl groups is 1. The van der Waals surface area contributed by atoms with Crippen LogP contribution in [0, 0.1) is 7.43 Å². The van der Waals surface area contributed by atoms with E-state index < -0.39 is 13.2 Å². The molecule has 0 aliphatic carbocycles. The van der Waals surface area contributed by atoms with Gasteiger partial charge in [-0.15, -0.1) is 0 Å². The zero-order valence-corrected chi connectivity index (χ0v) is 18.0. The average Bonchev–Trinajstić information content (AvgIpc) is 2.62. The predicted molar refractivity (Wildman–Crippen MR) is 101 cm³/mol. The van der Waals surface area contributed by atoms with Crippen LogP contribution in [-0.4, -0.2) is 5.11 Å². The first-order chi connectivity index (χ1) is 11.6. The van der Waals surface area contributed by atoms with Gasteiger partial charge in [0, 0.05) is 38.3 Å². The van der Waals surface area contributed by atoms with Crippen molar-refractivity contribution in [1.82, 2.24) is 0 Å². The van der Waals surface area contributed by atoms with E-state index in [9.17, 15) is 9.67 Å². The third-order valence-electron chi connectivity index (χ3n) is 4.22. The Bertz CT molecular complexity index is 977. The summed E-state index contributed by atoms with van der Waals surface area (Å²) in [4.78, 5) is 0. The topological polar surface area (TPSA) is 70.3 Å². The quantitative estimate of drug-likeness (QED) is 0.420. The number of hydrogen-bond donors (Lipinski definition) is 1. The second-order valence-corrected chi connectivity index (χ2v) is 8.04. The van der Waals surface area contributed by atoms with Crippen LogP contribution in [0.1, 0.15) is 11.3 Å². The molecule has 6 heteroatoms. The van der Waals surface area contributed by atoms with Crippen LogP contribution in [0.4, 0.5) is 0 Å². The molecular formula is C20H18NO3PY-2. The van der Waals surface area contributed by atoms with Gasteiger partial charge in [0.1, 0.15) is 11.5 Å². The molecule has 0 saturated carbocycles. The van der Waals surface area contributed by atoms with Crippen molar-refractivity contribution in [2.45, 2.75) is 5.78 Å². The minimum Gasteiger partial charge on any atom is -0.661 e. The second kappa shape index (κ2) is 8.06. The molecule has 131 valence electrons. The predicted octanol–water partition coefficient (Wildman–Crippen LogP) is 5.55. The summed E-state index contributed by atoms with van der Waals surface area (Å²) in [7, 11) is -3.57. The number of benzene rings is 3. The van der Waals surface area contributed by atoms with Crippen LogP contribution in [0.2, 0.25) is 0 Å². The third kappa shape index (κ3) is 3.28. The summed E-state index contributed by atoms with van der Waals surface area (Å²) in [5, 5.41) is 10.6. The third-order valence-corrected chi connectivity index (χ3v) is 6.71. The van der Waals surface area contributed by atoms with Crippen molar-refractivity contribution >= 4 is 12.7 Å². The number of hydrogen-bond acceptors (Lipinski definition) is 3. The summed E-state index contributed by atoms with van der Waals surface area (Å²) in [6.07, 6.45) is 0. The summed E-state index contributed by atoms with van der Waals surface area (Å²) in [5.74, 6) is -0.743. The van der Waals surface area contributed by atoms with E-state index in [2.05, 4.69) is 0 Å². The van der Waals surface area contributed by atoms with Crippen LogP contribution >= 0.6 is 7.37 Å². The van der Waals surface area contributed by atoms with Crippen molar-refractivity contribution in [2.24, 2.45) is 0 Å². The van der Waals surface area contributed by atoms with E-state index >= 15 is 0 Å². The molecule has 4 rings (SSSR count). The number of phenols is 1. The van der Waals surface area contributed by atoms with Gasteiger partial charge in [-0.3, -0.25) is 4.57 Å². The number of para-hydroxylation sites is 2. The first-order valence-electron chi connectivity index (χ1n) is 7.58. The summed E-state index contributed by atoms with van der Waals surface area (Å²) in [6, 6.07) is 21.2. The first kappa shape index (κ1) is 20.9. The molecule has 0 bridgehead atoms. The summed E-state index contributed by atoms with van der Waals surface area (Å²) in [5.41, 5.74) is 10.6. The van der Waals surface area contributed by atoms with Crippen LogP contribution in [0.5, 0.6) is 11.5 Å². The molecule has 2 N–H and O–H groups in total. The van der Waals surface area contributed by atoms with E-state index in [1.807, 2.05) is 30.3 Å². The van der Waals surface area contributed by atoms with Gasteiger partial charge < -0.3 is 22.8 Å². The summed E-state index contributed by atoms with van der Waals surface area (Å²) >= 11 is 0. The fraction of sp³-hybridized carbons (Fsp3) is 0.0500. The van der Waals surface area contributed by atoms with Gasteiger partial charge in [-0.05, 0) is 35.1 Å². The summed E-state index contributed by atoms with van der Waals surface area (Å²) in [6.45, 7) is 0. The minimum absolute atomic E-state index is 0. The maximum absolute atomic E-state index is 13.8. The molecular weight excluding hydrogens is 422 g/mol. The fourth-order valence-corrected chi connectivity index (χ4v) is 5.37. The Morgan fingerprint density at radius 1 is 0.885 bits per heavy atom. The number of phenolic OH excluding ortho intramolecular Hbond substituents is 1. The molecule has 0 fully saturated rings. The zero-order chi connectivity index (χ0) is 16.7. The van der Waals surface area contributed by atoms with E-state index in [0.29, 0.717) is 16.6 Å². The molecule has 2 unspecified atom stereocenters. The maximum atomic E-state index is 13.8. The molecule has 3 aromatic rings. The molecule has 4 nitrogen and oxygen atoms in total. The van der Waals surface area contributed by atoms with Gasteiger partial charge in [0.2, 0.25) is 0 Å². The van der Waals surface area contributed by atoms with Crippen molar-refractivity contribution in [1.29, 1.82) is 0 Å². The first-order valence-corrected chi connectivity index (χ1v) is 9.28. The zero-order valence-electron chi connectivity index (χ0n) is 14.3. The van der Waals surface area contributed by atoms with Crippen LogP contribution in [0.3, 0.4) is 0 Å². The monoisotopic (exact) mass is 440 g/mol. The minimum atomic E-state index is -3.57. The smallest absolute Gasteiger partial charge is 0.265 e. The van der Waals surface area contributed by atoms with Crippen LogP contribution in [0.25, 0.3) is 16.9 Å². The van der Waals surface area contributed by atoms with Gasteiger partial charge in [-0.2, -0.15) is 0 Å². The Kier molecular flexibility index (Phi) is 6.47. The Hall–Kier alpha value is -1.45. The Morgan fingerprint density at radius 2 is 1.46 bits per heavy atom. The van der Waals surface area contributed by atoms with E-state index in [4.69, 9.17) is 10.3 Å². The van der Waals surface area contributed by atoms with Gasteiger partial charge in [-0.1, -0.05) is 54.6 Å².